The number of likely N-dealkylation sites (N-methyl/N-ethyl adjacent to an activating group) is 3. The van der Waals surface area contributed by atoms with E-state index in [1.54, 1.807) is 0 Å². The molecule has 4 heteroatoms. The third-order valence-electron chi connectivity index (χ3n) is 6.55. The van der Waals surface area contributed by atoms with Gasteiger partial charge >= 0.3 is 0 Å². The number of allylic oxidation sites excluding steroid dienone is 1. The third-order valence-corrected chi connectivity index (χ3v) is 6.55. The first-order valence-electron chi connectivity index (χ1n) is 11.9. The number of fused-ring (bicyclic) bond motifs is 1. The van der Waals surface area contributed by atoms with Gasteiger partial charge in [0.15, 0.2) is 0 Å². The van der Waals surface area contributed by atoms with Crippen molar-refractivity contribution in [3.8, 4) is 22.3 Å². The second kappa shape index (κ2) is 10.9. The van der Waals surface area contributed by atoms with Crippen molar-refractivity contribution in [1.82, 2.24) is 16.0 Å². The number of aliphatic hydroxyl groups is 1. The highest BCUT2D eigenvalue weighted by Crippen LogP contribution is 2.42. The molecule has 35 heavy (non-hydrogen) atoms. The van der Waals surface area contributed by atoms with Crippen LogP contribution in [-0.2, 0) is 0 Å². The van der Waals surface area contributed by atoms with Gasteiger partial charge in [0.25, 0.3) is 0 Å². The summed E-state index contributed by atoms with van der Waals surface area (Å²) < 4.78 is 0. The summed E-state index contributed by atoms with van der Waals surface area (Å²) in [5.74, 6) is 0.133. The summed E-state index contributed by atoms with van der Waals surface area (Å²) in [7, 11) is 6.95. The van der Waals surface area contributed by atoms with Gasteiger partial charge in [-0.15, -0.1) is 0 Å². The Bertz CT molecular complexity index is 1360. The largest absolute Gasteiger partial charge is 0.400 e. The molecule has 5 rings (SSSR count). The highest BCUT2D eigenvalue weighted by atomic mass is 16.2. The number of nitrogens with one attached hydrogen (secondary N) is 3. The minimum atomic E-state index is 0.133. The zero-order valence-electron chi connectivity index (χ0n) is 20.8. The maximum atomic E-state index is 7.00. The standard InChI is InChI=1S/C30H29N3.CH4O/c1-31-27-19-26(29(32-2)30(27)33-3)25-18-17-22-11-7-8-12-24(22)28(25)23-15-13-21(14-16-23)20-9-5-4-6-10-20;1-2/h4-19,26,31-33H,1-3H3;2H,1H3. The van der Waals surface area contributed by atoms with E-state index in [2.05, 4.69) is 113 Å². The van der Waals surface area contributed by atoms with Crippen LogP contribution >= 0.6 is 0 Å². The maximum absolute atomic E-state index is 7.00. The van der Waals surface area contributed by atoms with Crippen molar-refractivity contribution in [3.05, 3.63) is 120 Å². The van der Waals surface area contributed by atoms with E-state index in [1.807, 2.05) is 21.1 Å². The Balaban J connectivity index is 0.00000141. The molecule has 0 bridgehead atoms. The monoisotopic (exact) mass is 463 g/mol. The molecule has 4 nitrogen and oxygen atoms in total. The first-order chi connectivity index (χ1) is 17.2. The number of hydrogen-bond acceptors (Lipinski definition) is 4. The molecule has 178 valence electrons. The number of rotatable bonds is 6. The molecular formula is C31H33N3O. The predicted octanol–water partition coefficient (Wildman–Crippen LogP) is 5.63. The quantitative estimate of drug-likeness (QED) is 0.299. The van der Waals surface area contributed by atoms with E-state index in [9.17, 15) is 0 Å². The number of aliphatic hydroxyl groups excluding tert-OH is 1. The summed E-state index contributed by atoms with van der Waals surface area (Å²) in [5, 5.41) is 19.7. The zero-order valence-corrected chi connectivity index (χ0v) is 20.8. The topological polar surface area (TPSA) is 56.3 Å². The van der Waals surface area contributed by atoms with Crippen LogP contribution in [0.4, 0.5) is 0 Å². The lowest BCUT2D eigenvalue weighted by molar-refractivity contribution is 0.399. The summed E-state index contributed by atoms with van der Waals surface area (Å²) in [6, 6.07) is 32.7. The molecular weight excluding hydrogens is 430 g/mol. The Kier molecular flexibility index (Phi) is 7.54. The third kappa shape index (κ3) is 4.53. The lowest BCUT2D eigenvalue weighted by atomic mass is 9.85. The molecule has 0 saturated carbocycles. The summed E-state index contributed by atoms with van der Waals surface area (Å²) >= 11 is 0. The first-order valence-corrected chi connectivity index (χ1v) is 11.9. The number of hydrogen-bond donors (Lipinski definition) is 4. The van der Waals surface area contributed by atoms with E-state index >= 15 is 0 Å². The van der Waals surface area contributed by atoms with Crippen LogP contribution in [0.15, 0.2) is 114 Å². The zero-order chi connectivity index (χ0) is 24.8. The maximum Gasteiger partial charge on any atom is 0.0772 e. The molecule has 4 aromatic carbocycles. The minimum Gasteiger partial charge on any atom is -0.400 e. The van der Waals surface area contributed by atoms with Crippen molar-refractivity contribution in [2.75, 3.05) is 28.3 Å². The fraction of sp³-hybridized carbons (Fsp3) is 0.161. The first kappa shape index (κ1) is 24.1. The predicted molar refractivity (Wildman–Crippen MR) is 148 cm³/mol. The molecule has 4 N–H and O–H groups in total. The van der Waals surface area contributed by atoms with Crippen LogP contribution in [-0.4, -0.2) is 33.4 Å². The second-order valence-electron chi connectivity index (χ2n) is 8.29. The Morgan fingerprint density at radius 3 is 1.89 bits per heavy atom. The van der Waals surface area contributed by atoms with E-state index in [0.29, 0.717) is 0 Å². The minimum absolute atomic E-state index is 0.133. The SMILES string of the molecule is CNC1=CC(c2ccc3ccccc3c2-c2ccc(-c3ccccc3)cc2)C(NC)=C1NC.CO. The molecule has 1 aliphatic carbocycles. The van der Waals surface area contributed by atoms with Crippen molar-refractivity contribution in [2.45, 2.75) is 5.92 Å². The fourth-order valence-electron chi connectivity index (χ4n) is 4.97. The van der Waals surface area contributed by atoms with Gasteiger partial charge in [-0.25, -0.2) is 0 Å². The molecule has 1 atom stereocenters. The van der Waals surface area contributed by atoms with Crippen LogP contribution in [0.5, 0.6) is 0 Å². The smallest absolute Gasteiger partial charge is 0.0772 e. The van der Waals surface area contributed by atoms with Gasteiger partial charge in [0.1, 0.15) is 0 Å². The molecule has 0 heterocycles. The molecule has 1 unspecified atom stereocenters. The molecule has 0 aromatic heterocycles. The van der Waals surface area contributed by atoms with Crippen LogP contribution in [0, 0.1) is 0 Å². The summed E-state index contributed by atoms with van der Waals surface area (Å²) in [4.78, 5) is 0. The van der Waals surface area contributed by atoms with Gasteiger partial charge in [-0.2, -0.15) is 0 Å². The van der Waals surface area contributed by atoms with E-state index in [4.69, 9.17) is 5.11 Å². The highest BCUT2D eigenvalue weighted by Gasteiger charge is 2.28. The second-order valence-corrected chi connectivity index (χ2v) is 8.29. The average molecular weight is 464 g/mol. The van der Waals surface area contributed by atoms with Crippen molar-refractivity contribution in [3.63, 3.8) is 0 Å². The molecule has 0 radical (unpaired) electrons. The van der Waals surface area contributed by atoms with Crippen LogP contribution < -0.4 is 16.0 Å². The van der Waals surface area contributed by atoms with E-state index < -0.39 is 0 Å². The van der Waals surface area contributed by atoms with Crippen molar-refractivity contribution >= 4 is 10.8 Å². The van der Waals surface area contributed by atoms with E-state index in [-0.39, 0.29) is 5.92 Å². The van der Waals surface area contributed by atoms with Gasteiger partial charge in [-0.3, -0.25) is 0 Å². The van der Waals surface area contributed by atoms with E-state index in [1.165, 1.54) is 44.3 Å². The Hall–Kier alpha value is -4.02. The van der Waals surface area contributed by atoms with Crippen LogP contribution in [0.1, 0.15) is 11.5 Å². The molecule has 0 amide bonds. The Morgan fingerprint density at radius 2 is 1.23 bits per heavy atom. The normalized spacial score (nSPS) is 14.8. The molecule has 0 saturated heterocycles. The number of benzene rings is 4. The van der Waals surface area contributed by atoms with Crippen molar-refractivity contribution < 1.29 is 5.11 Å². The van der Waals surface area contributed by atoms with Crippen molar-refractivity contribution in [2.24, 2.45) is 0 Å². The molecule has 0 aliphatic heterocycles. The van der Waals surface area contributed by atoms with E-state index in [0.717, 1.165) is 18.5 Å². The van der Waals surface area contributed by atoms with Gasteiger partial charge in [0.05, 0.1) is 11.4 Å². The van der Waals surface area contributed by atoms with Gasteiger partial charge in [0, 0.05) is 39.9 Å². The summed E-state index contributed by atoms with van der Waals surface area (Å²) in [6.45, 7) is 0. The summed E-state index contributed by atoms with van der Waals surface area (Å²) in [5.41, 5.74) is 9.69. The molecule has 0 fully saturated rings. The lowest BCUT2D eigenvalue weighted by Crippen LogP contribution is -2.21. The van der Waals surface area contributed by atoms with Crippen LogP contribution in [0.25, 0.3) is 33.0 Å². The van der Waals surface area contributed by atoms with Gasteiger partial charge in [-0.1, -0.05) is 91.0 Å². The van der Waals surface area contributed by atoms with Gasteiger partial charge in [-0.05, 0) is 44.7 Å². The Morgan fingerprint density at radius 1 is 0.600 bits per heavy atom. The lowest BCUT2D eigenvalue weighted by Gasteiger charge is -2.21. The highest BCUT2D eigenvalue weighted by molar-refractivity contribution is 5.99. The molecule has 0 spiro atoms. The van der Waals surface area contributed by atoms with Crippen molar-refractivity contribution in [1.29, 1.82) is 0 Å². The van der Waals surface area contributed by atoms with Gasteiger partial charge in [0.2, 0.25) is 0 Å². The average Bonchev–Trinajstić information content (AvgIpc) is 3.31. The molecule has 4 aromatic rings. The fourth-order valence-corrected chi connectivity index (χ4v) is 4.97. The van der Waals surface area contributed by atoms with Crippen LogP contribution in [0.2, 0.25) is 0 Å². The Labute approximate surface area is 208 Å². The summed E-state index contributed by atoms with van der Waals surface area (Å²) in [6.07, 6.45) is 2.31. The van der Waals surface area contributed by atoms with Crippen LogP contribution in [0.3, 0.4) is 0 Å². The van der Waals surface area contributed by atoms with Gasteiger partial charge < -0.3 is 21.1 Å². The molecule has 1 aliphatic rings.